The Kier molecular flexibility index (Phi) is 4.97. The lowest BCUT2D eigenvalue weighted by Gasteiger charge is -2.15. The lowest BCUT2D eigenvalue weighted by molar-refractivity contribution is 0.322. The number of nitrogens with one attached hydrogen (secondary N) is 1. The number of benzene rings is 1. The van der Waals surface area contributed by atoms with Gasteiger partial charge in [-0.15, -0.1) is 11.3 Å². The Balaban J connectivity index is 2.52. The van der Waals surface area contributed by atoms with Gasteiger partial charge in [0, 0.05) is 4.88 Å². The number of methoxy groups -OCH3 is 1. The predicted molar refractivity (Wildman–Crippen MR) is 75.9 cm³/mol. The van der Waals surface area contributed by atoms with Gasteiger partial charge >= 0.3 is 0 Å². The summed E-state index contributed by atoms with van der Waals surface area (Å²) in [6.45, 7) is 1.43. The average molecular weight is 369 g/mol. The molecule has 0 saturated heterocycles. The maximum Gasteiger partial charge on any atom is 0.247 e. The molecular formula is C13H11F4NO3S2. The number of ether oxygens (including phenoxy) is 1. The van der Waals surface area contributed by atoms with Crippen molar-refractivity contribution in [3.05, 3.63) is 45.7 Å². The van der Waals surface area contributed by atoms with Gasteiger partial charge in [-0.25, -0.2) is 21.9 Å². The molecule has 0 saturated carbocycles. The monoisotopic (exact) mass is 369 g/mol. The van der Waals surface area contributed by atoms with E-state index in [1.165, 1.54) is 18.3 Å². The van der Waals surface area contributed by atoms with Crippen LogP contribution in [0.25, 0.3) is 0 Å². The van der Waals surface area contributed by atoms with E-state index in [4.69, 9.17) is 0 Å². The van der Waals surface area contributed by atoms with Crippen molar-refractivity contribution in [2.24, 2.45) is 0 Å². The van der Waals surface area contributed by atoms with Crippen LogP contribution in [0, 0.1) is 23.3 Å². The first-order chi connectivity index (χ1) is 10.7. The van der Waals surface area contributed by atoms with E-state index in [1.54, 1.807) is 17.5 Å². The van der Waals surface area contributed by atoms with E-state index in [0.717, 1.165) is 7.11 Å². The molecule has 10 heteroatoms. The fourth-order valence-corrected chi connectivity index (χ4v) is 4.06. The quantitative estimate of drug-likeness (QED) is 0.650. The molecule has 2 rings (SSSR count). The molecule has 1 aromatic heterocycles. The van der Waals surface area contributed by atoms with E-state index in [9.17, 15) is 26.0 Å². The van der Waals surface area contributed by atoms with Crippen LogP contribution in [0.5, 0.6) is 5.75 Å². The maximum atomic E-state index is 13.9. The van der Waals surface area contributed by atoms with E-state index < -0.39 is 50.0 Å². The molecule has 1 atom stereocenters. The minimum atomic E-state index is -4.85. The summed E-state index contributed by atoms with van der Waals surface area (Å²) in [4.78, 5) is -1.17. The number of rotatable bonds is 5. The Morgan fingerprint density at radius 3 is 2.13 bits per heavy atom. The second-order valence-corrected chi connectivity index (χ2v) is 7.11. The summed E-state index contributed by atoms with van der Waals surface area (Å²) in [5, 5.41) is 1.67. The fraction of sp³-hybridized carbons (Fsp3) is 0.231. The second kappa shape index (κ2) is 6.46. The lowest BCUT2D eigenvalue weighted by Crippen LogP contribution is -2.29. The second-order valence-electron chi connectivity index (χ2n) is 4.48. The van der Waals surface area contributed by atoms with Gasteiger partial charge in [-0.3, -0.25) is 0 Å². The summed E-state index contributed by atoms with van der Waals surface area (Å²) in [5.74, 6) is -9.27. The van der Waals surface area contributed by atoms with Crippen LogP contribution in [0.2, 0.25) is 0 Å². The summed E-state index contributed by atoms with van der Waals surface area (Å²) >= 11 is 1.21. The number of sulfonamides is 1. The summed E-state index contributed by atoms with van der Waals surface area (Å²) in [7, 11) is -4.05. The average Bonchev–Trinajstić information content (AvgIpc) is 2.99. The molecule has 4 nitrogen and oxygen atoms in total. The van der Waals surface area contributed by atoms with Gasteiger partial charge in [-0.2, -0.15) is 8.78 Å². The van der Waals surface area contributed by atoms with Crippen LogP contribution in [-0.4, -0.2) is 15.5 Å². The Morgan fingerprint density at radius 2 is 1.70 bits per heavy atom. The van der Waals surface area contributed by atoms with Gasteiger partial charge in [0.15, 0.2) is 22.3 Å². The molecule has 1 N–H and O–H groups in total. The Bertz CT molecular complexity index is 793. The van der Waals surface area contributed by atoms with Gasteiger partial charge in [0.25, 0.3) is 0 Å². The van der Waals surface area contributed by atoms with Gasteiger partial charge < -0.3 is 4.74 Å². The molecule has 0 radical (unpaired) electrons. The van der Waals surface area contributed by atoms with E-state index in [0.29, 0.717) is 4.88 Å². The third kappa shape index (κ3) is 3.19. The molecule has 1 unspecified atom stereocenters. The highest BCUT2D eigenvalue weighted by Crippen LogP contribution is 2.33. The molecule has 0 aliphatic rings. The van der Waals surface area contributed by atoms with Gasteiger partial charge in [-0.1, -0.05) is 6.07 Å². The molecule has 0 spiro atoms. The molecule has 1 aromatic carbocycles. The highest BCUT2D eigenvalue weighted by Gasteiger charge is 2.34. The van der Waals surface area contributed by atoms with E-state index >= 15 is 0 Å². The summed E-state index contributed by atoms with van der Waals surface area (Å²) in [6, 6.07) is 2.41. The molecule has 2 aromatic rings. The molecule has 0 aliphatic carbocycles. The number of thiophene rings is 1. The van der Waals surface area contributed by atoms with Crippen LogP contribution in [-0.2, 0) is 10.0 Å². The van der Waals surface area contributed by atoms with Crippen LogP contribution >= 0.6 is 11.3 Å². The standard InChI is InChI=1S/C13H11F4NO3S2/c1-6(7-4-3-5-22-7)18-23(19,20)13-10(16)8(14)12(21-2)9(15)11(13)17/h3-6,18H,1-2H3. The van der Waals surface area contributed by atoms with Crippen molar-refractivity contribution in [1.29, 1.82) is 0 Å². The van der Waals surface area contributed by atoms with Crippen LogP contribution in [0.3, 0.4) is 0 Å². The summed E-state index contributed by atoms with van der Waals surface area (Å²) in [6.07, 6.45) is 0. The van der Waals surface area contributed by atoms with Crippen molar-refractivity contribution in [1.82, 2.24) is 4.72 Å². The fourth-order valence-electron chi connectivity index (χ4n) is 1.89. The van der Waals surface area contributed by atoms with Crippen LogP contribution in [0.4, 0.5) is 17.6 Å². The normalized spacial score (nSPS) is 13.1. The number of halogens is 4. The van der Waals surface area contributed by atoms with Crippen molar-refractivity contribution in [2.45, 2.75) is 17.9 Å². The maximum absolute atomic E-state index is 13.9. The van der Waals surface area contributed by atoms with Crippen molar-refractivity contribution < 1.29 is 30.7 Å². The third-order valence-electron chi connectivity index (χ3n) is 2.96. The topological polar surface area (TPSA) is 55.4 Å². The van der Waals surface area contributed by atoms with Crippen molar-refractivity contribution in [2.75, 3.05) is 7.11 Å². The summed E-state index contributed by atoms with van der Waals surface area (Å²) in [5.41, 5.74) is 0. The lowest BCUT2D eigenvalue weighted by atomic mass is 10.3. The van der Waals surface area contributed by atoms with Gasteiger partial charge in [0.1, 0.15) is 0 Å². The first kappa shape index (κ1) is 17.7. The van der Waals surface area contributed by atoms with E-state index in [2.05, 4.69) is 4.74 Å². The molecular weight excluding hydrogens is 358 g/mol. The van der Waals surface area contributed by atoms with Crippen molar-refractivity contribution in [3.8, 4) is 5.75 Å². The number of hydrogen-bond acceptors (Lipinski definition) is 4. The first-order valence-electron chi connectivity index (χ1n) is 6.16. The largest absolute Gasteiger partial charge is 0.491 e. The highest BCUT2D eigenvalue weighted by molar-refractivity contribution is 7.89. The predicted octanol–water partition coefficient (Wildman–Crippen LogP) is 3.35. The third-order valence-corrected chi connectivity index (χ3v) is 5.57. The smallest absolute Gasteiger partial charge is 0.247 e. The van der Waals surface area contributed by atoms with Crippen LogP contribution in [0.1, 0.15) is 17.8 Å². The number of hydrogen-bond donors (Lipinski definition) is 1. The van der Waals surface area contributed by atoms with Crippen molar-refractivity contribution >= 4 is 21.4 Å². The minimum absolute atomic E-state index is 0.559. The van der Waals surface area contributed by atoms with Crippen LogP contribution in [0.15, 0.2) is 22.4 Å². The zero-order chi connectivity index (χ0) is 17.4. The Labute approximate surface area is 133 Å². The molecule has 0 fully saturated rings. The molecule has 0 bridgehead atoms. The molecule has 126 valence electrons. The highest BCUT2D eigenvalue weighted by atomic mass is 32.2. The minimum Gasteiger partial charge on any atom is -0.491 e. The van der Waals surface area contributed by atoms with Gasteiger partial charge in [0.05, 0.1) is 13.2 Å². The molecule has 0 aliphatic heterocycles. The van der Waals surface area contributed by atoms with E-state index in [-0.39, 0.29) is 0 Å². The SMILES string of the molecule is COc1c(F)c(F)c(S(=O)(=O)NC(C)c2cccs2)c(F)c1F. The summed E-state index contributed by atoms with van der Waals surface area (Å²) < 4.78 is 85.5. The van der Waals surface area contributed by atoms with Gasteiger partial charge in [0.2, 0.25) is 21.7 Å². The van der Waals surface area contributed by atoms with E-state index in [1.807, 2.05) is 4.72 Å². The molecule has 0 amide bonds. The Hall–Kier alpha value is -1.65. The zero-order valence-corrected chi connectivity index (χ0v) is 13.5. The first-order valence-corrected chi connectivity index (χ1v) is 8.52. The van der Waals surface area contributed by atoms with Crippen LogP contribution < -0.4 is 9.46 Å². The molecule has 1 heterocycles. The Morgan fingerprint density at radius 1 is 1.13 bits per heavy atom. The van der Waals surface area contributed by atoms with Crippen molar-refractivity contribution in [3.63, 3.8) is 0 Å². The zero-order valence-electron chi connectivity index (χ0n) is 11.9. The molecule has 23 heavy (non-hydrogen) atoms. The van der Waals surface area contributed by atoms with Gasteiger partial charge in [-0.05, 0) is 18.4 Å².